The average molecular weight is 246 g/mol. The van der Waals surface area contributed by atoms with Crippen molar-refractivity contribution < 1.29 is 4.42 Å². The number of aryl methyl sites for hydroxylation is 1. The number of hydrogen-bond acceptors (Lipinski definition) is 3. The average Bonchev–Trinajstić information content (AvgIpc) is 2.66. The van der Waals surface area contributed by atoms with Gasteiger partial charge in [-0.05, 0) is 32.9 Å². The lowest BCUT2D eigenvalue weighted by atomic mass is 9.95. The molecule has 0 spiro atoms. The summed E-state index contributed by atoms with van der Waals surface area (Å²) in [7, 11) is 2.13. The topological polar surface area (TPSA) is 40.2 Å². The maximum Gasteiger partial charge on any atom is 0.105 e. The van der Waals surface area contributed by atoms with Crippen molar-refractivity contribution in [2.75, 3.05) is 7.05 Å². The van der Waals surface area contributed by atoms with E-state index in [1.54, 1.807) is 6.26 Å². The highest BCUT2D eigenvalue weighted by Gasteiger charge is 2.27. The molecule has 0 aromatic carbocycles. The Balaban J connectivity index is 2.04. The fourth-order valence-corrected chi connectivity index (χ4v) is 2.93. The van der Waals surface area contributed by atoms with Gasteiger partial charge in [-0.3, -0.25) is 4.90 Å². The molecule has 3 nitrogen and oxygen atoms in total. The SMILES string of the molecule is Cc1occc1CN(C)C1CCCCCC1C#N. The van der Waals surface area contributed by atoms with Gasteiger partial charge in [0, 0.05) is 18.2 Å². The van der Waals surface area contributed by atoms with E-state index in [4.69, 9.17) is 4.42 Å². The van der Waals surface area contributed by atoms with Gasteiger partial charge in [0.05, 0.1) is 18.3 Å². The standard InChI is InChI=1S/C15H22N2O/c1-12-14(8-9-18-12)11-17(2)15-7-5-3-4-6-13(15)10-16/h8-9,13,15H,3-7,11H2,1-2H3. The van der Waals surface area contributed by atoms with Gasteiger partial charge >= 0.3 is 0 Å². The summed E-state index contributed by atoms with van der Waals surface area (Å²) in [4.78, 5) is 2.33. The molecule has 0 aliphatic heterocycles. The molecule has 0 N–H and O–H groups in total. The Kier molecular flexibility index (Phi) is 4.43. The minimum Gasteiger partial charge on any atom is -0.469 e. The number of furan rings is 1. The van der Waals surface area contributed by atoms with Crippen molar-refractivity contribution in [3.05, 3.63) is 23.7 Å². The van der Waals surface area contributed by atoms with Crippen LogP contribution in [0, 0.1) is 24.2 Å². The van der Waals surface area contributed by atoms with Crippen LogP contribution in [0.15, 0.2) is 16.7 Å². The van der Waals surface area contributed by atoms with Crippen LogP contribution in [0.3, 0.4) is 0 Å². The smallest absolute Gasteiger partial charge is 0.105 e. The van der Waals surface area contributed by atoms with Crippen LogP contribution >= 0.6 is 0 Å². The fourth-order valence-electron chi connectivity index (χ4n) is 2.93. The lowest BCUT2D eigenvalue weighted by Crippen LogP contribution is -2.36. The summed E-state index contributed by atoms with van der Waals surface area (Å²) in [5.74, 6) is 1.17. The summed E-state index contributed by atoms with van der Waals surface area (Å²) in [5, 5.41) is 9.32. The van der Waals surface area contributed by atoms with Crippen LogP contribution in [0.4, 0.5) is 0 Å². The second-order valence-electron chi connectivity index (χ2n) is 5.36. The Morgan fingerprint density at radius 3 is 2.83 bits per heavy atom. The molecule has 1 aliphatic carbocycles. The van der Waals surface area contributed by atoms with Gasteiger partial charge < -0.3 is 4.42 Å². The van der Waals surface area contributed by atoms with Crippen LogP contribution in [0.2, 0.25) is 0 Å². The van der Waals surface area contributed by atoms with Gasteiger partial charge in [0.15, 0.2) is 0 Å². The van der Waals surface area contributed by atoms with Crippen molar-refractivity contribution in [3.8, 4) is 6.07 Å². The van der Waals surface area contributed by atoms with Gasteiger partial charge in [-0.1, -0.05) is 19.3 Å². The Morgan fingerprint density at radius 1 is 1.39 bits per heavy atom. The Bertz CT molecular complexity index is 418. The first kappa shape index (κ1) is 13.2. The lowest BCUT2D eigenvalue weighted by molar-refractivity contribution is 0.182. The highest BCUT2D eigenvalue weighted by atomic mass is 16.3. The molecule has 2 unspecified atom stereocenters. The third-order valence-electron chi connectivity index (χ3n) is 4.10. The highest BCUT2D eigenvalue weighted by Crippen LogP contribution is 2.27. The summed E-state index contributed by atoms with van der Waals surface area (Å²) >= 11 is 0. The van der Waals surface area contributed by atoms with E-state index in [2.05, 4.69) is 18.0 Å². The largest absolute Gasteiger partial charge is 0.469 e. The van der Waals surface area contributed by atoms with E-state index >= 15 is 0 Å². The molecule has 1 fully saturated rings. The molecule has 0 saturated heterocycles. The second-order valence-corrected chi connectivity index (χ2v) is 5.36. The van der Waals surface area contributed by atoms with E-state index in [1.807, 2.05) is 13.0 Å². The molecule has 18 heavy (non-hydrogen) atoms. The summed E-state index contributed by atoms with van der Waals surface area (Å²) in [6, 6.07) is 4.93. The van der Waals surface area contributed by atoms with Crippen LogP contribution in [0.5, 0.6) is 0 Å². The molecule has 1 saturated carbocycles. The maximum atomic E-state index is 9.32. The second kappa shape index (κ2) is 6.06. The molecule has 0 bridgehead atoms. The van der Waals surface area contributed by atoms with E-state index in [1.165, 1.54) is 24.8 Å². The monoisotopic (exact) mass is 246 g/mol. The van der Waals surface area contributed by atoms with Gasteiger partial charge in [-0.15, -0.1) is 0 Å². The molecule has 0 radical (unpaired) electrons. The zero-order chi connectivity index (χ0) is 13.0. The van der Waals surface area contributed by atoms with Gasteiger partial charge in [0.25, 0.3) is 0 Å². The molecule has 0 amide bonds. The molecule has 1 aliphatic rings. The van der Waals surface area contributed by atoms with E-state index in [0.717, 1.165) is 25.1 Å². The normalized spacial score (nSPS) is 24.8. The number of nitriles is 1. The number of rotatable bonds is 3. The zero-order valence-corrected chi connectivity index (χ0v) is 11.4. The fraction of sp³-hybridized carbons (Fsp3) is 0.667. The molecule has 1 aromatic rings. The van der Waals surface area contributed by atoms with E-state index in [9.17, 15) is 5.26 Å². The van der Waals surface area contributed by atoms with Crippen LogP contribution in [-0.2, 0) is 6.54 Å². The zero-order valence-electron chi connectivity index (χ0n) is 11.4. The van der Waals surface area contributed by atoms with Gasteiger partial charge in [-0.25, -0.2) is 0 Å². The van der Waals surface area contributed by atoms with Gasteiger partial charge in [0.1, 0.15) is 5.76 Å². The van der Waals surface area contributed by atoms with Crippen molar-refractivity contribution in [1.29, 1.82) is 5.26 Å². The molecule has 2 atom stereocenters. The van der Waals surface area contributed by atoms with Crippen molar-refractivity contribution in [2.24, 2.45) is 5.92 Å². The summed E-state index contributed by atoms with van der Waals surface area (Å²) in [5.41, 5.74) is 1.23. The van der Waals surface area contributed by atoms with Crippen molar-refractivity contribution in [1.82, 2.24) is 4.90 Å². The summed E-state index contributed by atoms with van der Waals surface area (Å²) in [6.45, 7) is 2.88. The maximum absolute atomic E-state index is 9.32. The summed E-state index contributed by atoms with van der Waals surface area (Å²) < 4.78 is 5.34. The first-order valence-corrected chi connectivity index (χ1v) is 6.85. The van der Waals surface area contributed by atoms with E-state index in [-0.39, 0.29) is 5.92 Å². The van der Waals surface area contributed by atoms with E-state index < -0.39 is 0 Å². The molecule has 2 rings (SSSR count). The van der Waals surface area contributed by atoms with Crippen molar-refractivity contribution >= 4 is 0 Å². The number of nitrogens with zero attached hydrogens (tertiary/aromatic N) is 2. The predicted molar refractivity (Wildman–Crippen MR) is 70.9 cm³/mol. The van der Waals surface area contributed by atoms with Gasteiger partial charge in [0.2, 0.25) is 0 Å². The van der Waals surface area contributed by atoms with E-state index in [0.29, 0.717) is 6.04 Å². The molecule has 1 aromatic heterocycles. The minimum atomic E-state index is 0.185. The first-order valence-electron chi connectivity index (χ1n) is 6.85. The van der Waals surface area contributed by atoms with Crippen LogP contribution in [-0.4, -0.2) is 18.0 Å². The Labute approximate surface area is 109 Å². The molecule has 3 heteroatoms. The molecular weight excluding hydrogens is 224 g/mol. The molecular formula is C15H22N2O. The van der Waals surface area contributed by atoms with Gasteiger partial charge in [-0.2, -0.15) is 5.26 Å². The minimum absolute atomic E-state index is 0.185. The number of hydrogen-bond donors (Lipinski definition) is 0. The van der Waals surface area contributed by atoms with Crippen molar-refractivity contribution in [3.63, 3.8) is 0 Å². The van der Waals surface area contributed by atoms with Crippen LogP contribution in [0.1, 0.15) is 43.4 Å². The third-order valence-corrected chi connectivity index (χ3v) is 4.10. The molecule has 1 heterocycles. The quantitative estimate of drug-likeness (QED) is 0.766. The van der Waals surface area contributed by atoms with Crippen LogP contribution < -0.4 is 0 Å². The lowest BCUT2D eigenvalue weighted by Gasteiger charge is -2.30. The molecule has 98 valence electrons. The third kappa shape index (κ3) is 2.94. The van der Waals surface area contributed by atoms with Crippen molar-refractivity contribution in [2.45, 2.75) is 51.6 Å². The highest BCUT2D eigenvalue weighted by molar-refractivity contribution is 5.15. The summed E-state index contributed by atoms with van der Waals surface area (Å²) in [6.07, 6.45) is 7.66. The van der Waals surface area contributed by atoms with Crippen LogP contribution in [0.25, 0.3) is 0 Å². The first-order chi connectivity index (χ1) is 8.72. The Hall–Kier alpha value is -1.27. The predicted octanol–water partition coefficient (Wildman–Crippen LogP) is 3.49. The Morgan fingerprint density at radius 2 is 2.17 bits per heavy atom.